The first-order valence-electron chi connectivity index (χ1n) is 5.09. The summed E-state index contributed by atoms with van der Waals surface area (Å²) >= 11 is 1.09. The molecule has 1 aliphatic heterocycles. The van der Waals surface area contributed by atoms with E-state index in [1.165, 1.54) is 5.38 Å². The molecule has 0 bridgehead atoms. The van der Waals surface area contributed by atoms with Crippen LogP contribution in [0.4, 0.5) is 0 Å². The average Bonchev–Trinajstić information content (AvgIpc) is 2.84. The number of nitrogens with zero attached hydrogens (tertiary/aromatic N) is 2. The Labute approximate surface area is 96.7 Å². The molecule has 0 aliphatic carbocycles. The molecule has 1 amide bonds. The summed E-state index contributed by atoms with van der Waals surface area (Å²) in [4.78, 5) is 28.2. The summed E-state index contributed by atoms with van der Waals surface area (Å²) in [6.45, 7) is 2.73. The second-order valence-electron chi connectivity index (χ2n) is 3.83. The van der Waals surface area contributed by atoms with E-state index in [0.717, 1.165) is 30.7 Å². The van der Waals surface area contributed by atoms with Gasteiger partial charge in [-0.25, -0.2) is 9.78 Å². The third kappa shape index (κ3) is 1.92. The number of hydrogen-bond acceptors (Lipinski definition) is 4. The van der Waals surface area contributed by atoms with Gasteiger partial charge in [0.1, 0.15) is 0 Å². The molecule has 0 radical (unpaired) electrons. The number of thiazole rings is 1. The van der Waals surface area contributed by atoms with Crippen molar-refractivity contribution in [1.82, 2.24) is 9.88 Å². The Balaban J connectivity index is 2.17. The van der Waals surface area contributed by atoms with Crippen LogP contribution in [-0.2, 0) is 0 Å². The highest BCUT2D eigenvalue weighted by Crippen LogP contribution is 2.21. The first-order valence-corrected chi connectivity index (χ1v) is 5.97. The fourth-order valence-corrected chi connectivity index (χ4v) is 2.57. The zero-order chi connectivity index (χ0) is 11.7. The molecule has 0 aromatic carbocycles. The normalized spacial score (nSPS) is 20.1. The molecule has 1 fully saturated rings. The molecule has 1 atom stereocenters. The minimum atomic E-state index is -1.09. The highest BCUT2D eigenvalue weighted by atomic mass is 32.1. The van der Waals surface area contributed by atoms with Gasteiger partial charge in [0.05, 0.1) is 0 Å². The van der Waals surface area contributed by atoms with Crippen molar-refractivity contribution in [3.05, 3.63) is 16.1 Å². The van der Waals surface area contributed by atoms with Gasteiger partial charge in [-0.3, -0.25) is 4.79 Å². The molecule has 5 nitrogen and oxygen atoms in total. The first-order chi connectivity index (χ1) is 7.59. The molecule has 16 heavy (non-hydrogen) atoms. The van der Waals surface area contributed by atoms with E-state index >= 15 is 0 Å². The third-order valence-corrected chi connectivity index (χ3v) is 3.55. The summed E-state index contributed by atoms with van der Waals surface area (Å²) < 4.78 is 0. The van der Waals surface area contributed by atoms with Gasteiger partial charge < -0.3 is 10.0 Å². The Kier molecular flexibility index (Phi) is 2.91. The van der Waals surface area contributed by atoms with E-state index in [-0.39, 0.29) is 22.7 Å². The molecule has 86 valence electrons. The number of carbonyl (C=O) groups excluding carboxylic acids is 1. The zero-order valence-electron chi connectivity index (χ0n) is 8.84. The SMILES string of the molecule is CC1CCCN1C(=O)c1nc(C(=O)O)cs1. The largest absolute Gasteiger partial charge is 0.476 e. The van der Waals surface area contributed by atoms with Gasteiger partial charge in [-0.05, 0) is 19.8 Å². The molecule has 1 saturated heterocycles. The Morgan fingerprint density at radius 2 is 2.38 bits per heavy atom. The van der Waals surface area contributed by atoms with E-state index in [0.29, 0.717) is 0 Å². The third-order valence-electron chi connectivity index (χ3n) is 2.72. The van der Waals surface area contributed by atoms with Crippen molar-refractivity contribution < 1.29 is 14.7 Å². The number of aromatic carboxylic acids is 1. The lowest BCUT2D eigenvalue weighted by Gasteiger charge is -2.19. The Morgan fingerprint density at radius 1 is 1.62 bits per heavy atom. The van der Waals surface area contributed by atoms with Gasteiger partial charge in [-0.2, -0.15) is 0 Å². The number of amides is 1. The standard InChI is InChI=1S/C10H12N2O3S/c1-6-3-2-4-12(6)9(13)8-11-7(5-16-8)10(14)15/h5-6H,2-4H2,1H3,(H,14,15). The van der Waals surface area contributed by atoms with Crippen molar-refractivity contribution in [3.63, 3.8) is 0 Å². The smallest absolute Gasteiger partial charge is 0.355 e. The van der Waals surface area contributed by atoms with Gasteiger partial charge in [-0.1, -0.05) is 0 Å². The molecule has 2 heterocycles. The van der Waals surface area contributed by atoms with Crippen LogP contribution < -0.4 is 0 Å². The first kappa shape index (κ1) is 11.1. The van der Waals surface area contributed by atoms with E-state index in [2.05, 4.69) is 4.98 Å². The number of rotatable bonds is 2. The highest BCUT2D eigenvalue weighted by molar-refractivity contribution is 7.11. The number of carbonyl (C=O) groups is 2. The summed E-state index contributed by atoms with van der Waals surface area (Å²) in [7, 11) is 0. The summed E-state index contributed by atoms with van der Waals surface area (Å²) in [6, 6.07) is 0.227. The molecule has 0 saturated carbocycles. The molecule has 1 aromatic heterocycles. The monoisotopic (exact) mass is 240 g/mol. The topological polar surface area (TPSA) is 70.5 Å². The van der Waals surface area contributed by atoms with Crippen LogP contribution in [0, 0.1) is 0 Å². The van der Waals surface area contributed by atoms with Gasteiger partial charge in [0.15, 0.2) is 10.7 Å². The number of carboxylic acid groups (broad SMARTS) is 1. The van der Waals surface area contributed by atoms with Gasteiger partial charge >= 0.3 is 5.97 Å². The molecule has 1 N–H and O–H groups in total. The second-order valence-corrected chi connectivity index (χ2v) is 4.69. The zero-order valence-corrected chi connectivity index (χ0v) is 9.66. The highest BCUT2D eigenvalue weighted by Gasteiger charge is 2.28. The molecule has 1 aliphatic rings. The lowest BCUT2D eigenvalue weighted by Crippen LogP contribution is -2.33. The molecule has 0 spiro atoms. The van der Waals surface area contributed by atoms with Crippen LogP contribution in [0.25, 0.3) is 0 Å². The summed E-state index contributed by atoms with van der Waals surface area (Å²) in [6.07, 6.45) is 2.01. The lowest BCUT2D eigenvalue weighted by atomic mass is 10.2. The van der Waals surface area contributed by atoms with Crippen LogP contribution in [0.2, 0.25) is 0 Å². The van der Waals surface area contributed by atoms with Crippen LogP contribution in [-0.4, -0.2) is 39.5 Å². The van der Waals surface area contributed by atoms with Gasteiger partial charge in [0, 0.05) is 18.0 Å². The lowest BCUT2D eigenvalue weighted by molar-refractivity contribution is 0.0691. The van der Waals surface area contributed by atoms with E-state index in [1.807, 2.05) is 6.92 Å². The predicted octanol–water partition coefficient (Wildman–Crippen LogP) is 1.47. The second kappa shape index (κ2) is 4.21. The fraction of sp³-hybridized carbons (Fsp3) is 0.500. The number of carboxylic acids is 1. The van der Waals surface area contributed by atoms with E-state index < -0.39 is 5.97 Å². The maximum absolute atomic E-state index is 12.0. The van der Waals surface area contributed by atoms with Crippen molar-refractivity contribution in [3.8, 4) is 0 Å². The van der Waals surface area contributed by atoms with Crippen LogP contribution in [0.5, 0.6) is 0 Å². The summed E-state index contributed by atoms with van der Waals surface area (Å²) in [5.74, 6) is -1.24. The minimum absolute atomic E-state index is 0.0554. The van der Waals surface area contributed by atoms with E-state index in [4.69, 9.17) is 5.11 Å². The van der Waals surface area contributed by atoms with Crippen molar-refractivity contribution in [2.75, 3.05) is 6.54 Å². The van der Waals surface area contributed by atoms with Crippen LogP contribution in [0.1, 0.15) is 40.1 Å². The maximum atomic E-state index is 12.0. The Morgan fingerprint density at radius 3 is 2.88 bits per heavy atom. The molecule has 1 aromatic rings. The van der Waals surface area contributed by atoms with Gasteiger partial charge in [0.25, 0.3) is 5.91 Å². The van der Waals surface area contributed by atoms with Crippen molar-refractivity contribution in [2.24, 2.45) is 0 Å². The maximum Gasteiger partial charge on any atom is 0.355 e. The van der Waals surface area contributed by atoms with E-state index in [1.54, 1.807) is 4.90 Å². The Hall–Kier alpha value is -1.43. The van der Waals surface area contributed by atoms with Crippen LogP contribution >= 0.6 is 11.3 Å². The van der Waals surface area contributed by atoms with Crippen molar-refractivity contribution in [2.45, 2.75) is 25.8 Å². The summed E-state index contributed by atoms with van der Waals surface area (Å²) in [5.41, 5.74) is -0.0554. The Bertz CT molecular complexity index is 429. The number of likely N-dealkylation sites (tertiary alicyclic amines) is 1. The molecular formula is C10H12N2O3S. The van der Waals surface area contributed by atoms with Crippen molar-refractivity contribution in [1.29, 1.82) is 0 Å². The number of aromatic nitrogens is 1. The number of hydrogen-bond donors (Lipinski definition) is 1. The van der Waals surface area contributed by atoms with Gasteiger partial charge in [-0.15, -0.1) is 11.3 Å². The van der Waals surface area contributed by atoms with Crippen molar-refractivity contribution >= 4 is 23.2 Å². The molecule has 2 rings (SSSR count). The minimum Gasteiger partial charge on any atom is -0.476 e. The fourth-order valence-electron chi connectivity index (χ4n) is 1.83. The van der Waals surface area contributed by atoms with E-state index in [9.17, 15) is 9.59 Å². The quantitative estimate of drug-likeness (QED) is 0.849. The summed E-state index contributed by atoms with van der Waals surface area (Å²) in [5, 5.41) is 10.4. The molecular weight excluding hydrogens is 228 g/mol. The van der Waals surface area contributed by atoms with Gasteiger partial charge in [0.2, 0.25) is 0 Å². The average molecular weight is 240 g/mol. The molecule has 6 heteroatoms. The van der Waals surface area contributed by atoms with Crippen LogP contribution in [0.15, 0.2) is 5.38 Å². The molecule has 1 unspecified atom stereocenters. The predicted molar refractivity (Wildman–Crippen MR) is 58.8 cm³/mol. The van der Waals surface area contributed by atoms with Crippen LogP contribution in [0.3, 0.4) is 0 Å².